The predicted octanol–water partition coefficient (Wildman–Crippen LogP) is 4.22. The van der Waals surface area contributed by atoms with Gasteiger partial charge in [-0.15, -0.1) is 0 Å². The molecule has 0 N–H and O–H groups in total. The highest BCUT2D eigenvalue weighted by molar-refractivity contribution is 6.00. The molecule has 28 heavy (non-hydrogen) atoms. The number of anilines is 1. The van der Waals surface area contributed by atoms with Crippen molar-refractivity contribution in [2.45, 2.75) is 19.4 Å². The molecule has 1 unspecified atom stereocenters. The van der Waals surface area contributed by atoms with Crippen LogP contribution in [0, 0.1) is 5.82 Å². The van der Waals surface area contributed by atoms with Crippen molar-refractivity contribution in [2.75, 3.05) is 11.4 Å². The topological polar surface area (TPSA) is 59.8 Å². The Hall–Kier alpha value is -3.41. The largest absolute Gasteiger partial charge is 0.449 e. The van der Waals surface area contributed by atoms with Crippen molar-refractivity contribution >= 4 is 17.6 Å². The zero-order valence-electron chi connectivity index (χ0n) is 15.2. The molecule has 4 rings (SSSR count). The number of para-hydroxylation sites is 1. The summed E-state index contributed by atoms with van der Waals surface area (Å²) in [5.41, 5.74) is 2.59. The number of carbonyl (C=O) groups is 2. The van der Waals surface area contributed by atoms with Crippen molar-refractivity contribution in [3.05, 3.63) is 77.8 Å². The second-order valence-electron chi connectivity index (χ2n) is 6.59. The summed E-state index contributed by atoms with van der Waals surface area (Å²) in [6.45, 7) is 2.11. The molecule has 1 aliphatic heterocycles. The molecule has 142 valence electrons. The number of ether oxygens (including phenoxy) is 1. The summed E-state index contributed by atoms with van der Waals surface area (Å²) in [5.74, 6) is -0.948. The highest BCUT2D eigenvalue weighted by atomic mass is 19.1. The van der Waals surface area contributed by atoms with Gasteiger partial charge in [0, 0.05) is 17.8 Å². The van der Waals surface area contributed by atoms with Crippen LogP contribution in [0.3, 0.4) is 0 Å². The van der Waals surface area contributed by atoms with E-state index in [0.29, 0.717) is 17.9 Å². The van der Waals surface area contributed by atoms with E-state index in [1.165, 1.54) is 18.2 Å². The fourth-order valence-electron chi connectivity index (χ4n) is 3.27. The Kier molecular flexibility index (Phi) is 4.69. The number of esters is 1. The van der Waals surface area contributed by atoms with E-state index in [-0.39, 0.29) is 17.5 Å². The van der Waals surface area contributed by atoms with Crippen LogP contribution in [0.1, 0.15) is 23.0 Å². The zero-order chi connectivity index (χ0) is 19.7. The van der Waals surface area contributed by atoms with Gasteiger partial charge in [-0.3, -0.25) is 4.79 Å². The fraction of sp³-hybridized carbons (Fsp3) is 0.182. The summed E-state index contributed by atoms with van der Waals surface area (Å²) >= 11 is 0. The number of hydrogen-bond donors (Lipinski definition) is 0. The van der Waals surface area contributed by atoms with Crippen LogP contribution in [0.5, 0.6) is 0 Å². The second kappa shape index (κ2) is 7.31. The maximum Gasteiger partial charge on any atom is 0.375 e. The first kappa shape index (κ1) is 18.0. The Morgan fingerprint density at radius 2 is 1.82 bits per heavy atom. The van der Waals surface area contributed by atoms with Gasteiger partial charge in [0.25, 0.3) is 5.91 Å². The molecule has 2 heterocycles. The van der Waals surface area contributed by atoms with Crippen molar-refractivity contribution in [3.63, 3.8) is 0 Å². The van der Waals surface area contributed by atoms with Crippen molar-refractivity contribution < 1.29 is 23.1 Å². The van der Waals surface area contributed by atoms with Gasteiger partial charge < -0.3 is 14.1 Å². The number of rotatable bonds is 4. The molecule has 0 aliphatic carbocycles. The number of fused-ring (bicyclic) bond motifs is 1. The first-order chi connectivity index (χ1) is 13.5. The number of benzene rings is 2. The minimum Gasteiger partial charge on any atom is -0.449 e. The van der Waals surface area contributed by atoms with E-state index in [1.807, 2.05) is 24.3 Å². The van der Waals surface area contributed by atoms with Crippen LogP contribution in [-0.2, 0) is 16.0 Å². The number of hydrogen-bond acceptors (Lipinski definition) is 4. The van der Waals surface area contributed by atoms with Gasteiger partial charge in [0.05, 0.1) is 0 Å². The first-order valence-electron chi connectivity index (χ1n) is 8.99. The molecule has 5 nitrogen and oxygen atoms in total. The number of carbonyl (C=O) groups excluding carboxylic acids is 2. The summed E-state index contributed by atoms with van der Waals surface area (Å²) < 4.78 is 23.9. The fourth-order valence-corrected chi connectivity index (χ4v) is 3.27. The first-order valence-corrected chi connectivity index (χ1v) is 8.99. The smallest absolute Gasteiger partial charge is 0.375 e. The van der Waals surface area contributed by atoms with Gasteiger partial charge in [0.2, 0.25) is 5.76 Å². The number of amides is 1. The van der Waals surface area contributed by atoms with Crippen LogP contribution >= 0.6 is 0 Å². The lowest BCUT2D eigenvalue weighted by Crippen LogP contribution is -2.39. The molecule has 3 aromatic rings. The third-order valence-corrected chi connectivity index (χ3v) is 4.72. The van der Waals surface area contributed by atoms with Crippen LogP contribution in [0.15, 0.2) is 65.1 Å². The van der Waals surface area contributed by atoms with E-state index >= 15 is 0 Å². The molecule has 0 radical (unpaired) electrons. The van der Waals surface area contributed by atoms with Gasteiger partial charge in [0.15, 0.2) is 6.10 Å². The lowest BCUT2D eigenvalue weighted by molar-refractivity contribution is -0.126. The summed E-state index contributed by atoms with van der Waals surface area (Å²) in [6, 6.07) is 16.5. The second-order valence-corrected chi connectivity index (χ2v) is 6.59. The molecule has 6 heteroatoms. The van der Waals surface area contributed by atoms with E-state index in [0.717, 1.165) is 17.7 Å². The summed E-state index contributed by atoms with van der Waals surface area (Å²) in [7, 11) is 0. The molecule has 1 amide bonds. The van der Waals surface area contributed by atoms with Gasteiger partial charge in [-0.25, -0.2) is 9.18 Å². The van der Waals surface area contributed by atoms with Crippen molar-refractivity contribution in [3.8, 4) is 11.3 Å². The van der Waals surface area contributed by atoms with E-state index < -0.39 is 12.1 Å². The van der Waals surface area contributed by atoms with E-state index in [1.54, 1.807) is 30.0 Å². The molecular formula is C22H18FNO4. The van der Waals surface area contributed by atoms with Gasteiger partial charge in [-0.2, -0.15) is 0 Å². The third-order valence-electron chi connectivity index (χ3n) is 4.72. The Labute approximate surface area is 161 Å². The number of nitrogens with zero attached hydrogens (tertiary/aromatic N) is 1. The molecule has 1 aromatic heterocycles. The van der Waals surface area contributed by atoms with Crippen molar-refractivity contribution in [1.82, 2.24) is 0 Å². The minimum absolute atomic E-state index is 0.0132. The maximum atomic E-state index is 13.0. The summed E-state index contributed by atoms with van der Waals surface area (Å²) in [4.78, 5) is 26.7. The summed E-state index contributed by atoms with van der Waals surface area (Å²) in [5, 5.41) is 0. The standard InChI is InChI=1S/C22H18FNO4/c1-14(21(25)24-13-12-15-4-2-3-5-18(15)24)27-22(26)20-11-10-19(28-20)16-6-8-17(23)9-7-16/h2-11,14H,12-13H2,1H3. The quantitative estimate of drug-likeness (QED) is 0.637. The Bertz CT molecular complexity index is 1030. The molecular weight excluding hydrogens is 361 g/mol. The van der Waals surface area contributed by atoms with Crippen LogP contribution in [0.25, 0.3) is 11.3 Å². The SMILES string of the molecule is CC(OC(=O)c1ccc(-c2ccc(F)cc2)o1)C(=O)N1CCc2ccccc21. The highest BCUT2D eigenvalue weighted by Crippen LogP contribution is 2.28. The van der Waals surface area contributed by atoms with Crippen molar-refractivity contribution in [2.24, 2.45) is 0 Å². The third kappa shape index (κ3) is 3.41. The molecule has 0 fully saturated rings. The zero-order valence-corrected chi connectivity index (χ0v) is 15.2. The van der Waals surface area contributed by atoms with Gasteiger partial charge in [0.1, 0.15) is 11.6 Å². The molecule has 2 aromatic carbocycles. The average Bonchev–Trinajstić information content (AvgIpc) is 3.35. The molecule has 1 aliphatic rings. The normalized spacial score (nSPS) is 13.9. The molecule has 1 atom stereocenters. The van der Waals surface area contributed by atoms with E-state index in [4.69, 9.17) is 9.15 Å². The maximum absolute atomic E-state index is 13.0. The van der Waals surface area contributed by atoms with Gasteiger partial charge >= 0.3 is 5.97 Å². The molecule has 0 spiro atoms. The van der Waals surface area contributed by atoms with E-state index in [9.17, 15) is 14.0 Å². The van der Waals surface area contributed by atoms with Crippen LogP contribution in [-0.4, -0.2) is 24.5 Å². The van der Waals surface area contributed by atoms with Crippen LogP contribution in [0.4, 0.5) is 10.1 Å². The lowest BCUT2D eigenvalue weighted by Gasteiger charge is -2.21. The monoisotopic (exact) mass is 379 g/mol. The van der Waals surface area contributed by atoms with E-state index in [2.05, 4.69) is 0 Å². The number of halogens is 1. The van der Waals surface area contributed by atoms with Crippen LogP contribution in [0.2, 0.25) is 0 Å². The van der Waals surface area contributed by atoms with Gasteiger partial charge in [-0.05, 0) is 61.4 Å². The predicted molar refractivity (Wildman–Crippen MR) is 101 cm³/mol. The molecule has 0 bridgehead atoms. The Morgan fingerprint density at radius 3 is 2.61 bits per heavy atom. The van der Waals surface area contributed by atoms with Crippen molar-refractivity contribution in [1.29, 1.82) is 0 Å². The highest BCUT2D eigenvalue weighted by Gasteiger charge is 2.30. The Morgan fingerprint density at radius 1 is 1.07 bits per heavy atom. The summed E-state index contributed by atoms with van der Waals surface area (Å²) in [6.07, 6.45) is -0.167. The average molecular weight is 379 g/mol. The lowest BCUT2D eigenvalue weighted by atomic mass is 10.2. The molecule has 0 saturated carbocycles. The number of furan rings is 1. The Balaban J connectivity index is 1.44. The van der Waals surface area contributed by atoms with Crippen LogP contribution < -0.4 is 4.90 Å². The minimum atomic E-state index is -0.946. The van der Waals surface area contributed by atoms with Gasteiger partial charge in [-0.1, -0.05) is 18.2 Å². The molecule has 0 saturated heterocycles.